The van der Waals surface area contributed by atoms with Gasteiger partial charge < -0.3 is 5.32 Å². The van der Waals surface area contributed by atoms with Crippen LogP contribution in [0.3, 0.4) is 0 Å². The number of para-hydroxylation sites is 1. The van der Waals surface area contributed by atoms with Crippen LogP contribution in [0.2, 0.25) is 0 Å². The van der Waals surface area contributed by atoms with Crippen LogP contribution in [0, 0.1) is 5.92 Å². The SMILES string of the molecule is CCCC(C)C(=O)NCc1cnn(-c2ccccc2)c1. The van der Waals surface area contributed by atoms with E-state index in [1.165, 1.54) is 0 Å². The Morgan fingerprint density at radius 3 is 2.80 bits per heavy atom. The zero-order chi connectivity index (χ0) is 14.4. The third-order valence-electron chi connectivity index (χ3n) is 3.29. The summed E-state index contributed by atoms with van der Waals surface area (Å²) in [6, 6.07) is 9.93. The molecule has 0 saturated carbocycles. The molecule has 0 aliphatic heterocycles. The second-order valence-corrected chi connectivity index (χ2v) is 5.04. The third kappa shape index (κ3) is 3.70. The van der Waals surface area contributed by atoms with Crippen LogP contribution in [0.1, 0.15) is 32.3 Å². The van der Waals surface area contributed by atoms with E-state index in [1.807, 2.05) is 48.1 Å². The van der Waals surface area contributed by atoms with Crippen LogP contribution in [0.4, 0.5) is 0 Å². The van der Waals surface area contributed by atoms with Crippen molar-refractivity contribution in [3.05, 3.63) is 48.3 Å². The molecule has 0 spiro atoms. The Balaban J connectivity index is 1.92. The molecular weight excluding hydrogens is 250 g/mol. The molecule has 106 valence electrons. The van der Waals surface area contributed by atoms with Crippen LogP contribution in [-0.2, 0) is 11.3 Å². The highest BCUT2D eigenvalue weighted by Gasteiger charge is 2.11. The van der Waals surface area contributed by atoms with Gasteiger partial charge in [-0.1, -0.05) is 38.5 Å². The molecule has 2 rings (SSSR count). The van der Waals surface area contributed by atoms with Gasteiger partial charge in [0.25, 0.3) is 0 Å². The monoisotopic (exact) mass is 271 g/mol. The molecule has 1 N–H and O–H groups in total. The number of nitrogens with one attached hydrogen (secondary N) is 1. The number of aromatic nitrogens is 2. The number of hydrogen-bond donors (Lipinski definition) is 1. The Labute approximate surface area is 119 Å². The minimum Gasteiger partial charge on any atom is -0.352 e. The molecule has 2 aromatic rings. The molecular formula is C16H21N3O. The summed E-state index contributed by atoms with van der Waals surface area (Å²) in [6.07, 6.45) is 5.69. The van der Waals surface area contributed by atoms with Crippen LogP contribution in [-0.4, -0.2) is 15.7 Å². The molecule has 0 aliphatic rings. The summed E-state index contributed by atoms with van der Waals surface area (Å²) in [6.45, 7) is 4.58. The smallest absolute Gasteiger partial charge is 0.223 e. The summed E-state index contributed by atoms with van der Waals surface area (Å²) in [7, 11) is 0. The number of carbonyl (C=O) groups excluding carboxylic acids is 1. The Morgan fingerprint density at radius 2 is 2.10 bits per heavy atom. The first kappa shape index (κ1) is 14.3. The van der Waals surface area contributed by atoms with E-state index in [0.717, 1.165) is 24.1 Å². The quantitative estimate of drug-likeness (QED) is 0.878. The predicted molar refractivity (Wildman–Crippen MR) is 79.5 cm³/mol. The number of hydrogen-bond acceptors (Lipinski definition) is 2. The average molecular weight is 271 g/mol. The fourth-order valence-electron chi connectivity index (χ4n) is 2.10. The number of rotatable bonds is 6. The van der Waals surface area contributed by atoms with E-state index in [9.17, 15) is 4.79 Å². The van der Waals surface area contributed by atoms with Gasteiger partial charge in [-0.25, -0.2) is 4.68 Å². The molecule has 0 saturated heterocycles. The largest absolute Gasteiger partial charge is 0.352 e. The lowest BCUT2D eigenvalue weighted by Gasteiger charge is -2.09. The molecule has 0 bridgehead atoms. The van der Waals surface area contributed by atoms with Crippen molar-refractivity contribution >= 4 is 5.91 Å². The third-order valence-corrected chi connectivity index (χ3v) is 3.29. The average Bonchev–Trinajstić information content (AvgIpc) is 2.95. The first-order chi connectivity index (χ1) is 9.70. The highest BCUT2D eigenvalue weighted by Crippen LogP contribution is 2.08. The van der Waals surface area contributed by atoms with Crippen molar-refractivity contribution in [2.24, 2.45) is 5.92 Å². The molecule has 1 atom stereocenters. The maximum atomic E-state index is 11.8. The zero-order valence-corrected chi connectivity index (χ0v) is 12.0. The van der Waals surface area contributed by atoms with Gasteiger partial charge in [-0.15, -0.1) is 0 Å². The molecule has 1 aromatic carbocycles. The van der Waals surface area contributed by atoms with Crippen molar-refractivity contribution in [1.29, 1.82) is 0 Å². The molecule has 20 heavy (non-hydrogen) atoms. The van der Waals surface area contributed by atoms with Gasteiger partial charge in [-0.3, -0.25) is 4.79 Å². The van der Waals surface area contributed by atoms with Crippen molar-refractivity contribution in [3.63, 3.8) is 0 Å². The maximum absolute atomic E-state index is 11.8. The lowest BCUT2D eigenvalue weighted by molar-refractivity contribution is -0.124. The van der Waals surface area contributed by atoms with E-state index in [-0.39, 0.29) is 11.8 Å². The minimum atomic E-state index is 0.0733. The standard InChI is InChI=1S/C16H21N3O/c1-3-7-13(2)16(20)17-10-14-11-18-19(12-14)15-8-5-4-6-9-15/h4-6,8-9,11-13H,3,7,10H2,1-2H3,(H,17,20). The fourth-order valence-corrected chi connectivity index (χ4v) is 2.10. The fraction of sp³-hybridized carbons (Fsp3) is 0.375. The second kappa shape index (κ2) is 6.89. The summed E-state index contributed by atoms with van der Waals surface area (Å²) >= 11 is 0. The van der Waals surface area contributed by atoms with Crippen molar-refractivity contribution in [2.45, 2.75) is 33.2 Å². The lowest BCUT2D eigenvalue weighted by Crippen LogP contribution is -2.28. The van der Waals surface area contributed by atoms with Gasteiger partial charge in [0.05, 0.1) is 11.9 Å². The van der Waals surface area contributed by atoms with E-state index < -0.39 is 0 Å². The van der Waals surface area contributed by atoms with Gasteiger partial charge in [0, 0.05) is 24.2 Å². The molecule has 1 aromatic heterocycles. The first-order valence-corrected chi connectivity index (χ1v) is 7.07. The molecule has 4 heteroatoms. The van der Waals surface area contributed by atoms with Crippen molar-refractivity contribution < 1.29 is 4.79 Å². The Hall–Kier alpha value is -2.10. The van der Waals surface area contributed by atoms with Gasteiger partial charge in [-0.05, 0) is 18.6 Å². The summed E-state index contributed by atoms with van der Waals surface area (Å²) in [5.41, 5.74) is 2.02. The molecule has 1 amide bonds. The summed E-state index contributed by atoms with van der Waals surface area (Å²) < 4.78 is 1.82. The summed E-state index contributed by atoms with van der Waals surface area (Å²) in [5.74, 6) is 0.184. The summed E-state index contributed by atoms with van der Waals surface area (Å²) in [5, 5.41) is 7.27. The second-order valence-electron chi connectivity index (χ2n) is 5.04. The first-order valence-electron chi connectivity index (χ1n) is 7.07. The van der Waals surface area contributed by atoms with E-state index in [2.05, 4.69) is 17.3 Å². The van der Waals surface area contributed by atoms with Crippen molar-refractivity contribution in [3.8, 4) is 5.69 Å². The number of nitrogens with zero attached hydrogens (tertiary/aromatic N) is 2. The van der Waals surface area contributed by atoms with Crippen LogP contribution in [0.5, 0.6) is 0 Å². The number of amides is 1. The van der Waals surface area contributed by atoms with Gasteiger partial charge >= 0.3 is 0 Å². The highest BCUT2D eigenvalue weighted by molar-refractivity contribution is 5.78. The molecule has 0 radical (unpaired) electrons. The number of benzene rings is 1. The molecule has 1 heterocycles. The Morgan fingerprint density at radius 1 is 1.35 bits per heavy atom. The van der Waals surface area contributed by atoms with Crippen LogP contribution < -0.4 is 5.32 Å². The van der Waals surface area contributed by atoms with Crippen molar-refractivity contribution in [1.82, 2.24) is 15.1 Å². The number of carbonyl (C=O) groups is 1. The van der Waals surface area contributed by atoms with Crippen LogP contribution in [0.15, 0.2) is 42.7 Å². The van der Waals surface area contributed by atoms with E-state index >= 15 is 0 Å². The van der Waals surface area contributed by atoms with Crippen LogP contribution in [0.25, 0.3) is 5.69 Å². The maximum Gasteiger partial charge on any atom is 0.223 e. The predicted octanol–water partition coefficient (Wildman–Crippen LogP) is 2.92. The molecule has 1 unspecified atom stereocenters. The van der Waals surface area contributed by atoms with E-state index in [4.69, 9.17) is 0 Å². The molecule has 0 aliphatic carbocycles. The molecule has 4 nitrogen and oxygen atoms in total. The summed E-state index contributed by atoms with van der Waals surface area (Å²) in [4.78, 5) is 11.8. The minimum absolute atomic E-state index is 0.0733. The zero-order valence-electron chi connectivity index (χ0n) is 12.0. The van der Waals surface area contributed by atoms with E-state index in [1.54, 1.807) is 6.20 Å². The Kier molecular flexibility index (Phi) is 4.93. The van der Waals surface area contributed by atoms with E-state index in [0.29, 0.717) is 6.54 Å². The Bertz CT molecular complexity index is 548. The topological polar surface area (TPSA) is 46.9 Å². The lowest BCUT2D eigenvalue weighted by atomic mass is 10.1. The highest BCUT2D eigenvalue weighted by atomic mass is 16.1. The molecule has 0 fully saturated rings. The van der Waals surface area contributed by atoms with Gasteiger partial charge in [0.1, 0.15) is 0 Å². The van der Waals surface area contributed by atoms with Crippen LogP contribution >= 0.6 is 0 Å². The van der Waals surface area contributed by atoms with Gasteiger partial charge in [-0.2, -0.15) is 5.10 Å². The van der Waals surface area contributed by atoms with Crippen molar-refractivity contribution in [2.75, 3.05) is 0 Å². The normalized spacial score (nSPS) is 12.1. The van der Waals surface area contributed by atoms with Gasteiger partial charge in [0.2, 0.25) is 5.91 Å². The van der Waals surface area contributed by atoms with Gasteiger partial charge in [0.15, 0.2) is 0 Å².